The van der Waals surface area contributed by atoms with Crippen LogP contribution in [-0.4, -0.2) is 60.1 Å². The zero-order chi connectivity index (χ0) is 35.4. The first-order chi connectivity index (χ1) is 24.8. The molecule has 2 aliphatic rings. The van der Waals surface area contributed by atoms with Crippen LogP contribution in [0.25, 0.3) is 0 Å². The van der Waals surface area contributed by atoms with Crippen LogP contribution in [0.3, 0.4) is 0 Å². The molecule has 13 heteroatoms. The van der Waals surface area contributed by atoms with Crippen molar-refractivity contribution in [2.24, 2.45) is 5.92 Å². The molecular formula is C38H34ClF2N7O3. The van der Waals surface area contributed by atoms with Crippen LogP contribution in [-0.2, 0) is 16.9 Å². The molecule has 2 fully saturated rings. The quantitative estimate of drug-likeness (QED) is 0.171. The molecule has 2 atom stereocenters. The summed E-state index contributed by atoms with van der Waals surface area (Å²) in [6.07, 6.45) is 3.38. The molecule has 7 rings (SSSR count). The van der Waals surface area contributed by atoms with Crippen molar-refractivity contribution in [3.05, 3.63) is 131 Å². The van der Waals surface area contributed by atoms with E-state index in [9.17, 15) is 13.6 Å². The van der Waals surface area contributed by atoms with Gasteiger partial charge in [-0.25, -0.2) is 18.4 Å². The lowest BCUT2D eigenvalue weighted by Gasteiger charge is -2.37. The Morgan fingerprint density at radius 3 is 2.37 bits per heavy atom. The molecule has 5 aromatic rings. The molecular weight excluding hydrogens is 676 g/mol. The number of benzene rings is 4. The number of rotatable bonds is 10. The van der Waals surface area contributed by atoms with Gasteiger partial charge in [-0.3, -0.25) is 4.79 Å². The van der Waals surface area contributed by atoms with Crippen molar-refractivity contribution in [1.82, 2.24) is 14.8 Å². The van der Waals surface area contributed by atoms with E-state index in [0.717, 1.165) is 43.6 Å². The fourth-order valence-corrected chi connectivity index (χ4v) is 6.90. The van der Waals surface area contributed by atoms with E-state index in [4.69, 9.17) is 26.3 Å². The maximum absolute atomic E-state index is 15.0. The molecule has 2 aliphatic heterocycles. The van der Waals surface area contributed by atoms with Crippen LogP contribution in [0.1, 0.15) is 27.9 Å². The van der Waals surface area contributed by atoms with Gasteiger partial charge in [0, 0.05) is 66.4 Å². The molecule has 3 heterocycles. The third-order valence-corrected chi connectivity index (χ3v) is 9.62. The van der Waals surface area contributed by atoms with Gasteiger partial charge < -0.3 is 24.6 Å². The van der Waals surface area contributed by atoms with E-state index in [1.807, 2.05) is 42.5 Å². The molecule has 0 saturated carbocycles. The summed E-state index contributed by atoms with van der Waals surface area (Å²) in [4.78, 5) is 21.3. The fraction of sp³-hybridized carbons (Fsp3) is 0.263. The van der Waals surface area contributed by atoms with Gasteiger partial charge >= 0.3 is 0 Å². The Balaban J connectivity index is 0.922. The highest BCUT2D eigenvalue weighted by Crippen LogP contribution is 2.42. The second-order valence-corrected chi connectivity index (χ2v) is 13.1. The fourth-order valence-electron chi connectivity index (χ4n) is 6.68. The summed E-state index contributed by atoms with van der Waals surface area (Å²) in [5.41, 5.74) is 2.95. The minimum absolute atomic E-state index is 0.0761. The van der Waals surface area contributed by atoms with Crippen LogP contribution in [0, 0.1) is 28.9 Å². The van der Waals surface area contributed by atoms with Crippen molar-refractivity contribution in [3.63, 3.8) is 0 Å². The Labute approximate surface area is 298 Å². The predicted molar refractivity (Wildman–Crippen MR) is 189 cm³/mol. The molecule has 51 heavy (non-hydrogen) atoms. The summed E-state index contributed by atoms with van der Waals surface area (Å²) < 4.78 is 42.7. The lowest BCUT2D eigenvalue weighted by molar-refractivity contribution is -0.0206. The molecule has 1 aromatic heterocycles. The summed E-state index contributed by atoms with van der Waals surface area (Å²) in [6.45, 7) is 3.99. The van der Waals surface area contributed by atoms with Crippen LogP contribution >= 0.6 is 11.6 Å². The normalized spacial score (nSPS) is 18.7. The van der Waals surface area contributed by atoms with Gasteiger partial charge in [0.1, 0.15) is 35.6 Å². The number of hydrogen-bond acceptors (Lipinski definition) is 8. The van der Waals surface area contributed by atoms with Crippen LogP contribution in [0.4, 0.5) is 25.8 Å². The van der Waals surface area contributed by atoms with Crippen LogP contribution < -0.4 is 19.9 Å². The van der Waals surface area contributed by atoms with Gasteiger partial charge in [0.2, 0.25) is 0 Å². The van der Waals surface area contributed by atoms with Gasteiger partial charge in [-0.2, -0.15) is 10.4 Å². The average Bonchev–Trinajstić information content (AvgIpc) is 3.82. The largest absolute Gasteiger partial charge is 0.492 e. The summed E-state index contributed by atoms with van der Waals surface area (Å²) in [5.74, 6) is -1.07. The van der Waals surface area contributed by atoms with Gasteiger partial charge in [0.15, 0.2) is 0 Å². The number of piperazine rings is 1. The maximum atomic E-state index is 15.0. The minimum Gasteiger partial charge on any atom is -0.492 e. The molecule has 0 unspecified atom stereocenters. The summed E-state index contributed by atoms with van der Waals surface area (Å²) in [5, 5.41) is 16.5. The second-order valence-electron chi connectivity index (χ2n) is 12.7. The molecule has 1 N–H and O–H groups in total. The van der Waals surface area contributed by atoms with Gasteiger partial charge in [-0.05, 0) is 79.2 Å². The third kappa shape index (κ3) is 7.65. The zero-order valence-electron chi connectivity index (χ0n) is 27.5. The van der Waals surface area contributed by atoms with E-state index in [0.29, 0.717) is 47.2 Å². The van der Waals surface area contributed by atoms with Crippen LogP contribution in [0.15, 0.2) is 97.6 Å². The Morgan fingerprint density at radius 2 is 1.71 bits per heavy atom. The minimum atomic E-state index is -1.06. The molecule has 0 bridgehead atoms. The SMILES string of the molecule is N#Cc1ccc(NC(=O)c2ccc(N3CCN(c4ccc(OC[C@@H]5CO[C@@](Cn6cncn6)(c6ccc(F)cc6F)C5)c(Cl)c4)CC3)cc2)cc1. The molecule has 0 radical (unpaired) electrons. The number of nitrogens with zero attached hydrogens (tertiary/aromatic N) is 6. The highest BCUT2D eigenvalue weighted by atomic mass is 35.5. The first kappa shape index (κ1) is 34.0. The van der Waals surface area contributed by atoms with Crippen molar-refractivity contribution >= 4 is 34.6 Å². The average molecular weight is 710 g/mol. The van der Waals surface area contributed by atoms with E-state index in [1.165, 1.54) is 18.5 Å². The topological polar surface area (TPSA) is 109 Å². The molecule has 0 aliphatic carbocycles. The van der Waals surface area contributed by atoms with Gasteiger partial charge in [0.05, 0.1) is 36.4 Å². The van der Waals surface area contributed by atoms with Crippen molar-refractivity contribution in [2.45, 2.75) is 18.6 Å². The van der Waals surface area contributed by atoms with Gasteiger partial charge in [-0.1, -0.05) is 17.7 Å². The molecule has 4 aromatic carbocycles. The number of carbonyl (C=O) groups excluding carboxylic acids is 1. The highest BCUT2D eigenvalue weighted by molar-refractivity contribution is 6.32. The molecule has 1 amide bonds. The van der Waals surface area contributed by atoms with E-state index in [2.05, 4.69) is 31.3 Å². The lowest BCUT2D eigenvalue weighted by Crippen LogP contribution is -2.46. The number of carbonyl (C=O) groups is 1. The van der Waals surface area contributed by atoms with Crippen molar-refractivity contribution in [1.29, 1.82) is 5.26 Å². The van der Waals surface area contributed by atoms with Crippen molar-refractivity contribution in [3.8, 4) is 11.8 Å². The first-order valence-electron chi connectivity index (χ1n) is 16.5. The molecule has 10 nitrogen and oxygen atoms in total. The zero-order valence-corrected chi connectivity index (χ0v) is 28.3. The Hall–Kier alpha value is -5.51. The third-order valence-electron chi connectivity index (χ3n) is 9.32. The number of nitriles is 1. The Kier molecular flexibility index (Phi) is 9.83. The van der Waals surface area contributed by atoms with E-state index in [1.54, 1.807) is 35.3 Å². The van der Waals surface area contributed by atoms with Gasteiger partial charge in [-0.15, -0.1) is 0 Å². The molecule has 2 saturated heterocycles. The summed E-state index contributed by atoms with van der Waals surface area (Å²) in [7, 11) is 0. The number of amides is 1. The lowest BCUT2D eigenvalue weighted by atomic mass is 9.87. The summed E-state index contributed by atoms with van der Waals surface area (Å²) in [6, 6.07) is 25.6. The number of halogens is 3. The molecule has 260 valence electrons. The smallest absolute Gasteiger partial charge is 0.255 e. The van der Waals surface area contributed by atoms with Gasteiger partial charge in [0.25, 0.3) is 5.91 Å². The first-order valence-corrected chi connectivity index (χ1v) is 16.9. The summed E-state index contributed by atoms with van der Waals surface area (Å²) >= 11 is 6.70. The van der Waals surface area contributed by atoms with Crippen LogP contribution in [0.5, 0.6) is 5.75 Å². The number of nitrogens with one attached hydrogen (secondary N) is 1. The van der Waals surface area contributed by atoms with Crippen LogP contribution in [0.2, 0.25) is 5.02 Å². The number of hydrogen-bond donors (Lipinski definition) is 1. The van der Waals surface area contributed by atoms with E-state index in [-0.39, 0.29) is 23.9 Å². The standard InChI is InChI=1S/C38H34ClF2N7O3/c39-34-18-32(47-15-13-46(14-16-47)31-8-3-28(4-9-31)37(49)45-30-6-1-26(20-42)2-7-30)10-12-36(34)50-21-27-19-38(51-22-27,23-48-25-43-24-44-48)33-11-5-29(40)17-35(33)41/h1-12,17-18,24-25,27H,13-16,19,21-23H2,(H,45,49)/t27-,38+/m1/s1. The van der Waals surface area contributed by atoms with E-state index >= 15 is 0 Å². The number of anilines is 3. The number of ether oxygens (including phenoxy) is 2. The van der Waals surface area contributed by atoms with E-state index < -0.39 is 17.2 Å². The highest BCUT2D eigenvalue weighted by Gasteiger charge is 2.44. The second kappa shape index (κ2) is 14.8. The Morgan fingerprint density at radius 1 is 0.980 bits per heavy atom. The predicted octanol–water partition coefficient (Wildman–Crippen LogP) is 6.67. The maximum Gasteiger partial charge on any atom is 0.255 e. The monoisotopic (exact) mass is 709 g/mol. The molecule has 0 spiro atoms. The van der Waals surface area contributed by atoms with Crippen molar-refractivity contribution in [2.75, 3.05) is 54.5 Å². The Bertz CT molecular complexity index is 2030. The van der Waals surface area contributed by atoms with Crippen molar-refractivity contribution < 1.29 is 23.0 Å². The number of aromatic nitrogens is 3.